The van der Waals surface area contributed by atoms with Crippen LogP contribution in [-0.4, -0.2) is 14.7 Å². The minimum absolute atomic E-state index is 0.561. The van der Waals surface area contributed by atoms with E-state index in [1.807, 2.05) is 0 Å². The average Bonchev–Trinajstić information content (AvgIpc) is 2.76. The zero-order valence-corrected chi connectivity index (χ0v) is 11.1. The molecule has 2 aromatic rings. The maximum absolute atomic E-state index is 10.1. The number of aryl methyl sites for hydroxylation is 3. The molecule has 0 aliphatic rings. The van der Waals surface area contributed by atoms with Gasteiger partial charge in [0.2, 0.25) is 0 Å². The van der Waals surface area contributed by atoms with Crippen LogP contribution in [0, 0.1) is 20.8 Å². The average molecular weight is 248 g/mol. The van der Waals surface area contributed by atoms with Crippen LogP contribution in [0.3, 0.4) is 0 Å². The molecule has 1 aromatic heterocycles. The summed E-state index contributed by atoms with van der Waals surface area (Å²) in [5.74, 6) is 0. The van der Waals surface area contributed by atoms with Crippen LogP contribution in [0.1, 0.15) is 34.1 Å². The van der Waals surface area contributed by atoms with Gasteiger partial charge in [-0.1, -0.05) is 22.2 Å². The molecule has 0 bridgehead atoms. The molecule has 90 valence electrons. The largest absolute Gasteiger partial charge is 0.386 e. The lowest BCUT2D eigenvalue weighted by Crippen LogP contribution is -2.05. The molecule has 0 aliphatic carbocycles. The van der Waals surface area contributed by atoms with Gasteiger partial charge in [-0.05, 0) is 49.0 Å². The first-order valence-corrected chi connectivity index (χ1v) is 6.43. The van der Waals surface area contributed by atoms with Crippen molar-refractivity contribution in [3.05, 3.63) is 45.5 Å². The summed E-state index contributed by atoms with van der Waals surface area (Å²) >= 11 is 1.27. The van der Waals surface area contributed by atoms with Crippen molar-refractivity contribution in [2.75, 3.05) is 0 Å². The van der Waals surface area contributed by atoms with E-state index in [9.17, 15) is 5.11 Å². The Morgan fingerprint density at radius 1 is 1.24 bits per heavy atom. The van der Waals surface area contributed by atoms with Gasteiger partial charge in [-0.15, -0.1) is 5.10 Å². The molecule has 0 spiro atoms. The predicted molar refractivity (Wildman–Crippen MR) is 69.2 cm³/mol. The summed E-state index contributed by atoms with van der Waals surface area (Å²) in [6.07, 6.45) is 0.0393. The first-order chi connectivity index (χ1) is 8.08. The maximum Gasteiger partial charge on any atom is 0.104 e. The van der Waals surface area contributed by atoms with E-state index in [1.54, 1.807) is 5.38 Å². The lowest BCUT2D eigenvalue weighted by atomic mass is 9.95. The molecule has 1 atom stereocenters. The molecule has 3 nitrogen and oxygen atoms in total. The molecule has 4 heteroatoms. The van der Waals surface area contributed by atoms with Gasteiger partial charge in [-0.3, -0.25) is 0 Å². The molecule has 0 amide bonds. The molecular formula is C13H16N2OS. The van der Waals surface area contributed by atoms with E-state index in [-0.39, 0.29) is 0 Å². The third-order valence-corrected chi connectivity index (χ3v) is 3.48. The van der Waals surface area contributed by atoms with Crippen molar-refractivity contribution in [3.8, 4) is 0 Å². The molecule has 0 fully saturated rings. The number of aromatic nitrogens is 2. The number of nitrogens with zero attached hydrogens (tertiary/aromatic N) is 2. The second-order valence-electron chi connectivity index (χ2n) is 4.43. The highest BCUT2D eigenvalue weighted by molar-refractivity contribution is 7.03. The fourth-order valence-corrected chi connectivity index (χ4v) is 2.65. The summed E-state index contributed by atoms with van der Waals surface area (Å²) in [7, 11) is 0. The standard InChI is InChI=1S/C13H16N2OS/c1-8-4-9(2)11(10(3)5-8)6-13(16)12-7-17-15-14-12/h4-5,7,13,16H,6H2,1-3H3. The highest BCUT2D eigenvalue weighted by atomic mass is 32.1. The Morgan fingerprint density at radius 3 is 2.41 bits per heavy atom. The summed E-state index contributed by atoms with van der Waals surface area (Å²) in [5.41, 5.74) is 5.58. The van der Waals surface area contributed by atoms with Gasteiger partial charge in [0.15, 0.2) is 0 Å². The second-order valence-corrected chi connectivity index (χ2v) is 5.04. The van der Waals surface area contributed by atoms with Gasteiger partial charge in [-0.2, -0.15) is 0 Å². The van der Waals surface area contributed by atoms with Gasteiger partial charge in [0.1, 0.15) is 11.8 Å². The first-order valence-electron chi connectivity index (χ1n) is 5.59. The number of aliphatic hydroxyl groups excluding tert-OH is 1. The Kier molecular flexibility index (Phi) is 3.54. The predicted octanol–water partition coefficient (Wildman–Crippen LogP) is 2.74. The van der Waals surface area contributed by atoms with Crippen LogP contribution in [-0.2, 0) is 6.42 Å². The second kappa shape index (κ2) is 4.94. The monoisotopic (exact) mass is 248 g/mol. The maximum atomic E-state index is 10.1. The quantitative estimate of drug-likeness (QED) is 0.908. The fourth-order valence-electron chi connectivity index (χ4n) is 2.15. The van der Waals surface area contributed by atoms with Crippen LogP contribution in [0.2, 0.25) is 0 Å². The molecule has 1 heterocycles. The fraction of sp³-hybridized carbons (Fsp3) is 0.385. The molecule has 0 saturated heterocycles. The number of rotatable bonds is 3. The minimum atomic E-state index is -0.561. The SMILES string of the molecule is Cc1cc(C)c(CC(O)c2csnn2)c(C)c1. The topological polar surface area (TPSA) is 46.0 Å². The van der Waals surface area contributed by atoms with Gasteiger partial charge in [0.05, 0.1) is 0 Å². The summed E-state index contributed by atoms with van der Waals surface area (Å²) in [4.78, 5) is 0. The number of benzene rings is 1. The smallest absolute Gasteiger partial charge is 0.104 e. The van der Waals surface area contributed by atoms with Crippen LogP contribution < -0.4 is 0 Å². The van der Waals surface area contributed by atoms with Gasteiger partial charge in [0.25, 0.3) is 0 Å². The highest BCUT2D eigenvalue weighted by Gasteiger charge is 2.14. The lowest BCUT2D eigenvalue weighted by molar-refractivity contribution is 0.173. The van der Waals surface area contributed by atoms with E-state index < -0.39 is 6.10 Å². The summed E-state index contributed by atoms with van der Waals surface area (Å²) in [6.45, 7) is 6.26. The van der Waals surface area contributed by atoms with Crippen molar-refractivity contribution >= 4 is 11.5 Å². The van der Waals surface area contributed by atoms with Crippen molar-refractivity contribution in [2.24, 2.45) is 0 Å². The third-order valence-electron chi connectivity index (χ3n) is 2.96. The van der Waals surface area contributed by atoms with E-state index >= 15 is 0 Å². The molecular weight excluding hydrogens is 232 g/mol. The zero-order valence-electron chi connectivity index (χ0n) is 10.3. The Hall–Kier alpha value is -1.26. The Bertz CT molecular complexity index is 485. The summed E-state index contributed by atoms with van der Waals surface area (Å²) in [5, 5.41) is 15.8. The van der Waals surface area contributed by atoms with Crippen LogP contribution in [0.15, 0.2) is 17.5 Å². The highest BCUT2D eigenvalue weighted by Crippen LogP contribution is 2.23. The Labute approximate surface area is 105 Å². The molecule has 0 aliphatic heterocycles. The molecule has 0 radical (unpaired) electrons. The molecule has 1 unspecified atom stereocenters. The molecule has 1 N–H and O–H groups in total. The molecule has 1 aromatic carbocycles. The lowest BCUT2D eigenvalue weighted by Gasteiger charge is -2.14. The van der Waals surface area contributed by atoms with Gasteiger partial charge < -0.3 is 5.11 Å². The first kappa shape index (κ1) is 12.2. The Balaban J connectivity index is 2.25. The van der Waals surface area contributed by atoms with Gasteiger partial charge in [0, 0.05) is 11.8 Å². The summed E-state index contributed by atoms with van der Waals surface area (Å²) < 4.78 is 3.78. The molecule has 0 saturated carbocycles. The van der Waals surface area contributed by atoms with Crippen LogP contribution in [0.5, 0.6) is 0 Å². The van der Waals surface area contributed by atoms with Crippen molar-refractivity contribution in [1.29, 1.82) is 0 Å². The number of aliphatic hydroxyl groups is 1. The normalized spacial score (nSPS) is 12.7. The van der Waals surface area contributed by atoms with E-state index in [0.29, 0.717) is 12.1 Å². The molecule has 2 rings (SSSR count). The van der Waals surface area contributed by atoms with Crippen LogP contribution >= 0.6 is 11.5 Å². The summed E-state index contributed by atoms with van der Waals surface area (Å²) in [6, 6.07) is 4.29. The van der Waals surface area contributed by atoms with Crippen molar-refractivity contribution in [3.63, 3.8) is 0 Å². The van der Waals surface area contributed by atoms with Crippen molar-refractivity contribution in [1.82, 2.24) is 9.59 Å². The van der Waals surface area contributed by atoms with Gasteiger partial charge >= 0.3 is 0 Å². The molecule has 17 heavy (non-hydrogen) atoms. The zero-order chi connectivity index (χ0) is 12.4. The van der Waals surface area contributed by atoms with Gasteiger partial charge in [-0.25, -0.2) is 0 Å². The number of hydrogen-bond acceptors (Lipinski definition) is 4. The van der Waals surface area contributed by atoms with E-state index in [1.165, 1.54) is 33.8 Å². The van der Waals surface area contributed by atoms with Crippen molar-refractivity contribution < 1.29 is 5.11 Å². The van der Waals surface area contributed by atoms with E-state index in [4.69, 9.17) is 0 Å². The third kappa shape index (κ3) is 2.70. The van der Waals surface area contributed by atoms with Crippen LogP contribution in [0.25, 0.3) is 0 Å². The van der Waals surface area contributed by atoms with E-state index in [0.717, 1.165) is 0 Å². The van der Waals surface area contributed by atoms with Crippen LogP contribution in [0.4, 0.5) is 0 Å². The Morgan fingerprint density at radius 2 is 1.88 bits per heavy atom. The van der Waals surface area contributed by atoms with Crippen molar-refractivity contribution in [2.45, 2.75) is 33.3 Å². The number of hydrogen-bond donors (Lipinski definition) is 1. The minimum Gasteiger partial charge on any atom is -0.386 e. The van der Waals surface area contributed by atoms with E-state index in [2.05, 4.69) is 42.5 Å².